The predicted molar refractivity (Wildman–Crippen MR) is 68.8 cm³/mol. The van der Waals surface area contributed by atoms with Crippen LogP contribution in [0.25, 0.3) is 0 Å². The van der Waals surface area contributed by atoms with Crippen molar-refractivity contribution in [2.45, 2.75) is 33.1 Å². The molecule has 0 fully saturated rings. The van der Waals surface area contributed by atoms with Gasteiger partial charge in [0.1, 0.15) is 0 Å². The van der Waals surface area contributed by atoms with Gasteiger partial charge < -0.3 is 11.1 Å². The number of anilines is 1. The molecule has 0 saturated carbocycles. The molecule has 0 aromatic carbocycles. The Balaban J connectivity index is 2.71. The van der Waals surface area contributed by atoms with E-state index in [1.807, 2.05) is 20.2 Å². The Morgan fingerprint density at radius 3 is 2.71 bits per heavy atom. The van der Waals surface area contributed by atoms with Gasteiger partial charge in [-0.15, -0.1) is 0 Å². The van der Waals surface area contributed by atoms with E-state index in [1.165, 1.54) is 0 Å². The minimum atomic E-state index is -0.00199. The summed E-state index contributed by atoms with van der Waals surface area (Å²) in [6, 6.07) is 0. The normalized spacial score (nSPS) is 12.8. The molecule has 0 saturated heterocycles. The molecule has 1 heterocycles. The van der Waals surface area contributed by atoms with E-state index < -0.39 is 0 Å². The van der Waals surface area contributed by atoms with Gasteiger partial charge in [-0.3, -0.25) is 9.48 Å². The van der Waals surface area contributed by atoms with Crippen molar-refractivity contribution in [2.24, 2.45) is 18.7 Å². The summed E-state index contributed by atoms with van der Waals surface area (Å²) in [4.78, 5) is 11.8. The fourth-order valence-corrected chi connectivity index (χ4v) is 1.63. The highest BCUT2D eigenvalue weighted by molar-refractivity contribution is 5.91. The summed E-state index contributed by atoms with van der Waals surface area (Å²) in [5, 5.41) is 7.24. The number of carbonyl (C=O) groups excluding carboxylic acids is 1. The first-order valence-electron chi connectivity index (χ1n) is 5.97. The number of rotatable bonds is 5. The van der Waals surface area contributed by atoms with Crippen molar-refractivity contribution in [1.82, 2.24) is 9.78 Å². The van der Waals surface area contributed by atoms with Gasteiger partial charge >= 0.3 is 0 Å². The minimum Gasteiger partial charge on any atom is -0.330 e. The van der Waals surface area contributed by atoms with Crippen molar-refractivity contribution in [3.05, 3.63) is 11.9 Å². The maximum Gasteiger partial charge on any atom is 0.224 e. The number of aryl methyl sites for hydroxylation is 1. The highest BCUT2D eigenvalue weighted by Crippen LogP contribution is 2.22. The Morgan fingerprint density at radius 1 is 1.53 bits per heavy atom. The van der Waals surface area contributed by atoms with Crippen LogP contribution < -0.4 is 11.1 Å². The largest absolute Gasteiger partial charge is 0.330 e. The van der Waals surface area contributed by atoms with Crippen molar-refractivity contribution >= 4 is 11.6 Å². The molecule has 0 aliphatic carbocycles. The Kier molecular flexibility index (Phi) is 4.69. The summed E-state index contributed by atoms with van der Waals surface area (Å²) < 4.78 is 1.72. The summed E-state index contributed by atoms with van der Waals surface area (Å²) in [6.07, 6.45) is 2.28. The number of hydrogen-bond donors (Lipinski definition) is 2. The van der Waals surface area contributed by atoms with Crippen LogP contribution >= 0.6 is 0 Å². The lowest BCUT2D eigenvalue weighted by molar-refractivity contribution is -0.116. The van der Waals surface area contributed by atoms with Gasteiger partial charge in [-0.25, -0.2) is 0 Å². The van der Waals surface area contributed by atoms with Crippen LogP contribution in [-0.2, 0) is 11.8 Å². The third kappa shape index (κ3) is 3.85. The lowest BCUT2D eigenvalue weighted by atomic mass is 10.1. The zero-order valence-electron chi connectivity index (χ0n) is 11.0. The van der Waals surface area contributed by atoms with Crippen LogP contribution in [0.3, 0.4) is 0 Å². The van der Waals surface area contributed by atoms with Crippen LogP contribution in [0.5, 0.6) is 0 Å². The highest BCUT2D eigenvalue weighted by atomic mass is 16.1. The molecule has 1 unspecified atom stereocenters. The van der Waals surface area contributed by atoms with Crippen molar-refractivity contribution in [3.8, 4) is 0 Å². The lowest BCUT2D eigenvalue weighted by Crippen LogP contribution is -2.20. The van der Waals surface area contributed by atoms with Gasteiger partial charge in [-0.1, -0.05) is 20.8 Å². The maximum atomic E-state index is 11.8. The molecular formula is C12H22N4O. The molecule has 1 aromatic heterocycles. The summed E-state index contributed by atoms with van der Waals surface area (Å²) in [7, 11) is 1.85. The number of hydrogen-bond acceptors (Lipinski definition) is 3. The molecule has 5 nitrogen and oxygen atoms in total. The van der Waals surface area contributed by atoms with Crippen molar-refractivity contribution in [2.75, 3.05) is 11.9 Å². The Morgan fingerprint density at radius 2 is 2.18 bits per heavy atom. The summed E-state index contributed by atoms with van der Waals surface area (Å²) in [6.45, 7) is 6.60. The van der Waals surface area contributed by atoms with Gasteiger partial charge in [0.15, 0.2) is 0 Å². The third-order valence-corrected chi connectivity index (χ3v) is 2.61. The molecule has 0 radical (unpaired) electrons. The fraction of sp³-hybridized carbons (Fsp3) is 0.667. The molecule has 0 aliphatic heterocycles. The fourth-order valence-electron chi connectivity index (χ4n) is 1.63. The first-order chi connectivity index (χ1) is 7.93. The second kappa shape index (κ2) is 5.82. The minimum absolute atomic E-state index is 0.00199. The summed E-state index contributed by atoms with van der Waals surface area (Å²) in [5.41, 5.74) is 7.22. The SMILES string of the molecule is CC(CN)CC(=O)Nc1cn(C)nc1C(C)C. The average molecular weight is 238 g/mol. The molecule has 0 spiro atoms. The lowest BCUT2D eigenvalue weighted by Gasteiger charge is -2.10. The van der Waals surface area contributed by atoms with Gasteiger partial charge in [-0.2, -0.15) is 5.10 Å². The van der Waals surface area contributed by atoms with Gasteiger partial charge in [-0.05, 0) is 18.4 Å². The van der Waals surface area contributed by atoms with Crippen LogP contribution in [0.1, 0.15) is 38.8 Å². The third-order valence-electron chi connectivity index (χ3n) is 2.61. The van der Waals surface area contributed by atoms with Gasteiger partial charge in [0, 0.05) is 19.7 Å². The molecule has 1 atom stereocenters. The second-order valence-corrected chi connectivity index (χ2v) is 4.85. The summed E-state index contributed by atoms with van der Waals surface area (Å²) >= 11 is 0. The molecule has 0 bridgehead atoms. The number of nitrogens with zero attached hydrogens (tertiary/aromatic N) is 2. The molecule has 1 aromatic rings. The first-order valence-corrected chi connectivity index (χ1v) is 5.97. The average Bonchev–Trinajstić information content (AvgIpc) is 2.59. The van der Waals surface area contributed by atoms with Gasteiger partial charge in [0.2, 0.25) is 5.91 Å². The van der Waals surface area contributed by atoms with Gasteiger partial charge in [0.05, 0.1) is 11.4 Å². The maximum absolute atomic E-state index is 11.8. The van der Waals surface area contributed by atoms with E-state index in [4.69, 9.17) is 5.73 Å². The predicted octanol–water partition coefficient (Wildman–Crippen LogP) is 1.47. The van der Waals surface area contributed by atoms with Crippen LogP contribution in [-0.4, -0.2) is 22.2 Å². The van der Waals surface area contributed by atoms with Crippen LogP contribution in [0, 0.1) is 5.92 Å². The van der Waals surface area contributed by atoms with E-state index in [-0.39, 0.29) is 11.8 Å². The molecule has 3 N–H and O–H groups in total. The number of nitrogens with one attached hydrogen (secondary N) is 1. The van der Waals surface area contributed by atoms with Crippen molar-refractivity contribution < 1.29 is 4.79 Å². The topological polar surface area (TPSA) is 72.9 Å². The molecule has 0 aliphatic rings. The van der Waals surface area contributed by atoms with Gasteiger partial charge in [0.25, 0.3) is 0 Å². The van der Waals surface area contributed by atoms with Crippen molar-refractivity contribution in [1.29, 1.82) is 0 Å². The van der Waals surface area contributed by atoms with E-state index in [0.717, 1.165) is 11.4 Å². The van der Waals surface area contributed by atoms with E-state index in [2.05, 4.69) is 24.3 Å². The first kappa shape index (κ1) is 13.7. The quantitative estimate of drug-likeness (QED) is 0.815. The number of carbonyl (C=O) groups is 1. The highest BCUT2D eigenvalue weighted by Gasteiger charge is 2.14. The molecule has 17 heavy (non-hydrogen) atoms. The standard InChI is InChI=1S/C12H22N4O/c1-8(2)12-10(7-16(4)15-12)14-11(17)5-9(3)6-13/h7-9H,5-6,13H2,1-4H3,(H,14,17). The molecule has 1 amide bonds. The smallest absolute Gasteiger partial charge is 0.224 e. The second-order valence-electron chi connectivity index (χ2n) is 4.85. The Hall–Kier alpha value is -1.36. The number of nitrogens with two attached hydrogens (primary N) is 1. The molecule has 5 heteroatoms. The number of aromatic nitrogens is 2. The van der Waals surface area contributed by atoms with E-state index in [9.17, 15) is 4.79 Å². The summed E-state index contributed by atoms with van der Waals surface area (Å²) in [5.74, 6) is 0.491. The zero-order valence-corrected chi connectivity index (χ0v) is 11.0. The van der Waals surface area contributed by atoms with Crippen LogP contribution in [0.4, 0.5) is 5.69 Å². The van der Waals surface area contributed by atoms with Crippen molar-refractivity contribution in [3.63, 3.8) is 0 Å². The Labute approximate surface area is 102 Å². The molecular weight excluding hydrogens is 216 g/mol. The number of amides is 1. The molecule has 1 rings (SSSR count). The van der Waals surface area contributed by atoms with E-state index in [1.54, 1.807) is 4.68 Å². The van der Waals surface area contributed by atoms with Crippen LogP contribution in [0.15, 0.2) is 6.20 Å². The Bertz CT molecular complexity index is 384. The van der Waals surface area contributed by atoms with Crippen LogP contribution in [0.2, 0.25) is 0 Å². The van der Waals surface area contributed by atoms with E-state index >= 15 is 0 Å². The molecule has 96 valence electrons. The zero-order chi connectivity index (χ0) is 13.0. The van der Waals surface area contributed by atoms with E-state index in [0.29, 0.717) is 18.9 Å². The monoisotopic (exact) mass is 238 g/mol.